The predicted octanol–water partition coefficient (Wildman–Crippen LogP) is 3.55. The number of hydrogen-bond donors (Lipinski definition) is 2. The van der Waals surface area contributed by atoms with Gasteiger partial charge < -0.3 is 10.3 Å². The van der Waals surface area contributed by atoms with Crippen LogP contribution in [0.5, 0.6) is 0 Å². The molecule has 15 heavy (non-hydrogen) atoms. The molecule has 78 valence electrons. The van der Waals surface area contributed by atoms with E-state index in [1.165, 1.54) is 0 Å². The van der Waals surface area contributed by atoms with Crippen LogP contribution >= 0.6 is 31.9 Å². The number of imidazole rings is 1. The van der Waals surface area contributed by atoms with Gasteiger partial charge in [-0.3, -0.25) is 0 Å². The molecule has 1 aromatic heterocycles. The highest BCUT2D eigenvalue weighted by Crippen LogP contribution is 2.26. The maximum Gasteiger partial charge on any atom is 0.125 e. The maximum absolute atomic E-state index is 4.14. The normalized spacial score (nSPS) is 10.3. The van der Waals surface area contributed by atoms with Crippen molar-refractivity contribution >= 4 is 37.5 Å². The summed E-state index contributed by atoms with van der Waals surface area (Å²) in [6.45, 7) is 0.688. The van der Waals surface area contributed by atoms with Gasteiger partial charge in [0.05, 0.1) is 6.54 Å². The van der Waals surface area contributed by atoms with E-state index in [0.29, 0.717) is 6.54 Å². The molecular formula is C10H9Br2N3. The van der Waals surface area contributed by atoms with Crippen LogP contribution in [0.15, 0.2) is 39.5 Å². The Hall–Kier alpha value is -0.810. The number of aromatic amines is 1. The van der Waals surface area contributed by atoms with Crippen molar-refractivity contribution in [1.29, 1.82) is 0 Å². The summed E-state index contributed by atoms with van der Waals surface area (Å²) in [4.78, 5) is 7.18. The summed E-state index contributed by atoms with van der Waals surface area (Å²) in [6.07, 6.45) is 3.56. The Balaban J connectivity index is 2.05. The Labute approximate surface area is 105 Å². The molecule has 2 aromatic rings. The molecule has 0 radical (unpaired) electrons. The van der Waals surface area contributed by atoms with E-state index in [2.05, 4.69) is 47.1 Å². The van der Waals surface area contributed by atoms with E-state index < -0.39 is 0 Å². The summed E-state index contributed by atoms with van der Waals surface area (Å²) in [7, 11) is 0. The summed E-state index contributed by atoms with van der Waals surface area (Å²) < 4.78 is 2.08. The van der Waals surface area contributed by atoms with Gasteiger partial charge in [-0.15, -0.1) is 0 Å². The zero-order valence-electron chi connectivity index (χ0n) is 7.80. The summed E-state index contributed by atoms with van der Waals surface area (Å²) in [5.74, 6) is 0.921. The molecule has 0 aliphatic heterocycles. The smallest absolute Gasteiger partial charge is 0.125 e. The molecule has 2 N–H and O–H groups in total. The first-order valence-corrected chi connectivity index (χ1v) is 6.01. The number of aromatic nitrogens is 2. The van der Waals surface area contributed by atoms with Gasteiger partial charge >= 0.3 is 0 Å². The highest BCUT2D eigenvalue weighted by Gasteiger charge is 2.00. The largest absolute Gasteiger partial charge is 0.377 e. The number of hydrogen-bond acceptors (Lipinski definition) is 2. The van der Waals surface area contributed by atoms with Gasteiger partial charge in [0.2, 0.25) is 0 Å². The van der Waals surface area contributed by atoms with Crippen molar-refractivity contribution in [2.24, 2.45) is 0 Å². The summed E-state index contributed by atoms with van der Waals surface area (Å²) in [6, 6.07) is 6.01. The molecule has 0 aliphatic carbocycles. The molecular weight excluding hydrogens is 322 g/mol. The van der Waals surface area contributed by atoms with Crippen molar-refractivity contribution in [2.75, 3.05) is 5.32 Å². The third-order valence-electron chi connectivity index (χ3n) is 1.93. The first-order chi connectivity index (χ1) is 7.25. The molecule has 1 aromatic carbocycles. The van der Waals surface area contributed by atoms with Gasteiger partial charge in [-0.1, -0.05) is 15.9 Å². The quantitative estimate of drug-likeness (QED) is 0.903. The fourth-order valence-corrected chi connectivity index (χ4v) is 2.39. The minimum atomic E-state index is 0.688. The van der Waals surface area contributed by atoms with Gasteiger partial charge in [-0.05, 0) is 34.1 Å². The highest BCUT2D eigenvalue weighted by molar-refractivity contribution is 9.11. The number of nitrogens with zero attached hydrogens (tertiary/aromatic N) is 1. The fraction of sp³-hybridized carbons (Fsp3) is 0.100. The second-order valence-electron chi connectivity index (χ2n) is 3.01. The van der Waals surface area contributed by atoms with E-state index in [1.807, 2.05) is 24.4 Å². The van der Waals surface area contributed by atoms with Gasteiger partial charge in [-0.25, -0.2) is 4.98 Å². The lowest BCUT2D eigenvalue weighted by Gasteiger charge is -2.07. The average molecular weight is 331 g/mol. The standard InChI is InChI=1S/C10H9Br2N3/c11-7-1-2-9(8(12)5-7)15-6-10-13-3-4-14-10/h1-5,15H,6H2,(H,13,14). The summed E-state index contributed by atoms with van der Waals surface area (Å²) in [5, 5.41) is 3.28. The van der Waals surface area contributed by atoms with Gasteiger partial charge in [0.15, 0.2) is 0 Å². The van der Waals surface area contributed by atoms with Crippen LogP contribution in [0.2, 0.25) is 0 Å². The van der Waals surface area contributed by atoms with Gasteiger partial charge in [0, 0.05) is 27.0 Å². The first-order valence-electron chi connectivity index (χ1n) is 4.43. The lowest BCUT2D eigenvalue weighted by molar-refractivity contribution is 0.999. The second-order valence-corrected chi connectivity index (χ2v) is 4.78. The monoisotopic (exact) mass is 329 g/mol. The maximum atomic E-state index is 4.14. The Morgan fingerprint density at radius 3 is 2.87 bits per heavy atom. The van der Waals surface area contributed by atoms with Crippen LogP contribution in [-0.4, -0.2) is 9.97 Å². The van der Waals surface area contributed by atoms with Gasteiger partial charge in [0.25, 0.3) is 0 Å². The average Bonchev–Trinajstić information content (AvgIpc) is 2.69. The molecule has 0 saturated carbocycles. The molecule has 0 spiro atoms. The highest BCUT2D eigenvalue weighted by atomic mass is 79.9. The van der Waals surface area contributed by atoms with Gasteiger partial charge in [0.1, 0.15) is 5.82 Å². The topological polar surface area (TPSA) is 40.7 Å². The zero-order valence-corrected chi connectivity index (χ0v) is 11.0. The summed E-state index contributed by atoms with van der Waals surface area (Å²) in [5.41, 5.74) is 1.05. The number of halogens is 2. The third kappa shape index (κ3) is 2.82. The number of nitrogens with one attached hydrogen (secondary N) is 2. The lowest BCUT2D eigenvalue weighted by Crippen LogP contribution is -2.01. The molecule has 5 heteroatoms. The molecule has 0 atom stereocenters. The summed E-state index contributed by atoms with van der Waals surface area (Å²) >= 11 is 6.90. The predicted molar refractivity (Wildman–Crippen MR) is 67.8 cm³/mol. The molecule has 0 unspecified atom stereocenters. The van der Waals surface area contributed by atoms with E-state index in [0.717, 1.165) is 20.5 Å². The minimum absolute atomic E-state index is 0.688. The molecule has 0 aliphatic rings. The molecule has 0 amide bonds. The number of benzene rings is 1. The minimum Gasteiger partial charge on any atom is -0.377 e. The third-order valence-corrected chi connectivity index (χ3v) is 3.08. The van der Waals surface area contributed by atoms with E-state index in [-0.39, 0.29) is 0 Å². The van der Waals surface area contributed by atoms with Crippen molar-refractivity contribution in [3.05, 3.63) is 45.4 Å². The molecule has 0 bridgehead atoms. The SMILES string of the molecule is Brc1ccc(NCc2ncc[nH]2)c(Br)c1. The molecule has 1 heterocycles. The van der Waals surface area contributed by atoms with Crippen LogP contribution in [0.25, 0.3) is 0 Å². The van der Waals surface area contributed by atoms with Crippen LogP contribution in [0.3, 0.4) is 0 Å². The Kier molecular flexibility index (Phi) is 3.43. The van der Waals surface area contributed by atoms with Crippen molar-refractivity contribution < 1.29 is 0 Å². The van der Waals surface area contributed by atoms with Crippen molar-refractivity contribution in [3.63, 3.8) is 0 Å². The molecule has 0 saturated heterocycles. The Morgan fingerprint density at radius 1 is 1.33 bits per heavy atom. The van der Waals surface area contributed by atoms with E-state index >= 15 is 0 Å². The first kappa shape index (κ1) is 10.7. The van der Waals surface area contributed by atoms with Crippen LogP contribution in [-0.2, 0) is 6.54 Å². The van der Waals surface area contributed by atoms with Crippen LogP contribution in [0, 0.1) is 0 Å². The number of rotatable bonds is 3. The van der Waals surface area contributed by atoms with Gasteiger partial charge in [-0.2, -0.15) is 0 Å². The van der Waals surface area contributed by atoms with Crippen molar-refractivity contribution in [3.8, 4) is 0 Å². The van der Waals surface area contributed by atoms with E-state index in [9.17, 15) is 0 Å². The Morgan fingerprint density at radius 2 is 2.20 bits per heavy atom. The van der Waals surface area contributed by atoms with Crippen molar-refractivity contribution in [2.45, 2.75) is 6.54 Å². The number of H-pyrrole nitrogens is 1. The molecule has 3 nitrogen and oxygen atoms in total. The van der Waals surface area contributed by atoms with Crippen LogP contribution in [0.1, 0.15) is 5.82 Å². The zero-order chi connectivity index (χ0) is 10.7. The lowest BCUT2D eigenvalue weighted by atomic mass is 10.3. The van der Waals surface area contributed by atoms with Crippen molar-refractivity contribution in [1.82, 2.24) is 9.97 Å². The Bertz CT molecular complexity index is 440. The van der Waals surface area contributed by atoms with Crippen LogP contribution in [0.4, 0.5) is 5.69 Å². The number of anilines is 1. The van der Waals surface area contributed by atoms with Crippen LogP contribution < -0.4 is 5.32 Å². The van der Waals surface area contributed by atoms with E-state index in [1.54, 1.807) is 6.20 Å². The molecule has 2 rings (SSSR count). The second kappa shape index (κ2) is 4.81. The molecule has 0 fully saturated rings. The van der Waals surface area contributed by atoms with E-state index in [4.69, 9.17) is 0 Å². The fourth-order valence-electron chi connectivity index (χ4n) is 1.21.